The zero-order valence-electron chi connectivity index (χ0n) is 10.6. The van der Waals surface area contributed by atoms with E-state index in [2.05, 4.69) is 0 Å². The number of hydrogen-bond acceptors (Lipinski definition) is 5. The predicted octanol–water partition coefficient (Wildman–Crippen LogP) is 1.55. The Balaban J connectivity index is 2.59. The molecule has 6 heteroatoms. The summed E-state index contributed by atoms with van der Waals surface area (Å²) in [6.45, 7) is 3.08. The summed E-state index contributed by atoms with van der Waals surface area (Å²) >= 11 is 1.61. The van der Waals surface area contributed by atoms with Crippen LogP contribution in [0.4, 0.5) is 0 Å². The van der Waals surface area contributed by atoms with Crippen molar-refractivity contribution in [2.75, 3.05) is 25.2 Å². The molecule has 0 saturated heterocycles. The Morgan fingerprint density at radius 2 is 1.94 bits per heavy atom. The molecule has 0 spiro atoms. The Labute approximate surface area is 113 Å². The molecule has 0 fully saturated rings. The van der Waals surface area contributed by atoms with Crippen LogP contribution in [0, 0.1) is 0 Å². The van der Waals surface area contributed by atoms with Gasteiger partial charge in [0.15, 0.2) is 9.84 Å². The molecule has 0 aliphatic heterocycles. The van der Waals surface area contributed by atoms with Crippen LogP contribution >= 0.6 is 11.8 Å². The molecule has 1 unspecified atom stereocenters. The van der Waals surface area contributed by atoms with Crippen molar-refractivity contribution < 1.29 is 13.2 Å². The van der Waals surface area contributed by atoms with Gasteiger partial charge in [-0.1, -0.05) is 0 Å². The van der Waals surface area contributed by atoms with Crippen molar-refractivity contribution in [1.29, 1.82) is 0 Å². The molecule has 102 valence electrons. The van der Waals surface area contributed by atoms with Gasteiger partial charge in [0.2, 0.25) is 0 Å². The SMILES string of the molecule is CCOC(CN)CSc1ccc(S(C)(=O)=O)cc1. The van der Waals surface area contributed by atoms with Crippen molar-refractivity contribution in [3.8, 4) is 0 Å². The highest BCUT2D eigenvalue weighted by Crippen LogP contribution is 2.21. The highest BCUT2D eigenvalue weighted by Gasteiger charge is 2.09. The second-order valence-corrected chi connectivity index (χ2v) is 6.98. The lowest BCUT2D eigenvalue weighted by molar-refractivity contribution is 0.0858. The van der Waals surface area contributed by atoms with Gasteiger partial charge < -0.3 is 10.5 Å². The minimum atomic E-state index is -3.12. The summed E-state index contributed by atoms with van der Waals surface area (Å²) in [4.78, 5) is 1.35. The first-order chi connectivity index (χ1) is 8.47. The molecule has 0 aromatic heterocycles. The molecule has 0 radical (unpaired) electrons. The Kier molecular flexibility index (Phi) is 6.14. The minimum absolute atomic E-state index is 0.0367. The van der Waals surface area contributed by atoms with Gasteiger partial charge in [-0.15, -0.1) is 11.8 Å². The van der Waals surface area contributed by atoms with Crippen LogP contribution in [0.3, 0.4) is 0 Å². The lowest BCUT2D eigenvalue weighted by Gasteiger charge is -2.14. The van der Waals surface area contributed by atoms with Gasteiger partial charge in [0.25, 0.3) is 0 Å². The van der Waals surface area contributed by atoms with Gasteiger partial charge in [-0.3, -0.25) is 0 Å². The van der Waals surface area contributed by atoms with E-state index in [9.17, 15) is 8.42 Å². The molecule has 1 aromatic rings. The first-order valence-corrected chi connectivity index (χ1v) is 8.59. The van der Waals surface area contributed by atoms with E-state index in [1.54, 1.807) is 36.0 Å². The topological polar surface area (TPSA) is 69.4 Å². The fraction of sp³-hybridized carbons (Fsp3) is 0.500. The number of benzene rings is 1. The van der Waals surface area contributed by atoms with E-state index in [1.165, 1.54) is 6.26 Å². The Morgan fingerprint density at radius 1 is 1.33 bits per heavy atom. The lowest BCUT2D eigenvalue weighted by Crippen LogP contribution is -2.26. The average Bonchev–Trinajstić information content (AvgIpc) is 2.34. The van der Waals surface area contributed by atoms with Gasteiger partial charge in [0.1, 0.15) is 0 Å². The maximum absolute atomic E-state index is 11.3. The predicted molar refractivity (Wildman–Crippen MR) is 74.7 cm³/mol. The molecule has 1 rings (SSSR count). The number of hydrogen-bond donors (Lipinski definition) is 1. The fourth-order valence-corrected chi connectivity index (χ4v) is 2.96. The Morgan fingerprint density at radius 3 is 2.39 bits per heavy atom. The normalized spacial score (nSPS) is 13.5. The van der Waals surface area contributed by atoms with E-state index < -0.39 is 9.84 Å². The molecule has 0 heterocycles. The first kappa shape index (κ1) is 15.5. The van der Waals surface area contributed by atoms with Gasteiger partial charge in [0, 0.05) is 30.1 Å². The Bertz CT molecular complexity index is 457. The average molecular weight is 289 g/mol. The number of rotatable bonds is 7. The van der Waals surface area contributed by atoms with E-state index in [-0.39, 0.29) is 6.10 Å². The van der Waals surface area contributed by atoms with Crippen LogP contribution in [0.15, 0.2) is 34.1 Å². The van der Waals surface area contributed by atoms with E-state index in [1.807, 2.05) is 6.92 Å². The molecule has 0 amide bonds. The Hall–Kier alpha value is -0.560. The smallest absolute Gasteiger partial charge is 0.175 e. The van der Waals surface area contributed by atoms with E-state index >= 15 is 0 Å². The van der Waals surface area contributed by atoms with Gasteiger partial charge in [-0.2, -0.15) is 0 Å². The molecule has 1 aromatic carbocycles. The third-order valence-electron chi connectivity index (χ3n) is 2.35. The maximum atomic E-state index is 11.3. The van der Waals surface area contributed by atoms with Crippen LogP contribution in [0.25, 0.3) is 0 Å². The van der Waals surface area contributed by atoms with Crippen LogP contribution in [0.2, 0.25) is 0 Å². The fourth-order valence-electron chi connectivity index (χ4n) is 1.39. The summed E-state index contributed by atoms with van der Waals surface area (Å²) in [5.41, 5.74) is 5.59. The van der Waals surface area contributed by atoms with E-state index in [0.29, 0.717) is 18.0 Å². The highest BCUT2D eigenvalue weighted by atomic mass is 32.2. The van der Waals surface area contributed by atoms with Crippen molar-refractivity contribution >= 4 is 21.6 Å². The second-order valence-electron chi connectivity index (χ2n) is 3.87. The third-order valence-corrected chi connectivity index (χ3v) is 4.63. The second kappa shape index (κ2) is 7.13. The summed E-state index contributed by atoms with van der Waals surface area (Å²) in [5, 5.41) is 0. The zero-order valence-corrected chi connectivity index (χ0v) is 12.3. The molecule has 0 aliphatic carbocycles. The van der Waals surface area contributed by atoms with Gasteiger partial charge in [-0.25, -0.2) is 8.42 Å². The lowest BCUT2D eigenvalue weighted by atomic mass is 10.4. The van der Waals surface area contributed by atoms with Crippen molar-refractivity contribution in [3.63, 3.8) is 0 Å². The number of nitrogens with two attached hydrogens (primary N) is 1. The summed E-state index contributed by atoms with van der Waals surface area (Å²) < 4.78 is 28.0. The largest absolute Gasteiger partial charge is 0.376 e. The van der Waals surface area contributed by atoms with Crippen molar-refractivity contribution in [1.82, 2.24) is 0 Å². The minimum Gasteiger partial charge on any atom is -0.376 e. The number of thioether (sulfide) groups is 1. The van der Waals surface area contributed by atoms with Crippen LogP contribution < -0.4 is 5.73 Å². The standard InChI is InChI=1S/C12H19NO3S2/c1-3-16-10(8-13)9-17-11-4-6-12(7-5-11)18(2,14)15/h4-7,10H,3,8-9,13H2,1-2H3. The number of sulfone groups is 1. The zero-order chi connectivity index (χ0) is 13.6. The van der Waals surface area contributed by atoms with E-state index in [0.717, 1.165) is 10.6 Å². The van der Waals surface area contributed by atoms with Crippen molar-refractivity contribution in [2.24, 2.45) is 5.73 Å². The van der Waals surface area contributed by atoms with Gasteiger partial charge >= 0.3 is 0 Å². The molecular weight excluding hydrogens is 270 g/mol. The summed E-state index contributed by atoms with van der Waals surface area (Å²) in [5.74, 6) is 0.766. The summed E-state index contributed by atoms with van der Waals surface area (Å²) in [7, 11) is -3.12. The molecule has 4 nitrogen and oxygen atoms in total. The summed E-state index contributed by atoms with van der Waals surface area (Å²) in [6, 6.07) is 6.85. The highest BCUT2D eigenvalue weighted by molar-refractivity contribution is 7.99. The molecular formula is C12H19NO3S2. The molecule has 0 bridgehead atoms. The van der Waals surface area contributed by atoms with Crippen LogP contribution in [0.5, 0.6) is 0 Å². The van der Waals surface area contributed by atoms with Crippen LogP contribution in [0.1, 0.15) is 6.92 Å². The molecule has 0 saturated carbocycles. The quantitative estimate of drug-likeness (QED) is 0.771. The van der Waals surface area contributed by atoms with Crippen molar-refractivity contribution in [2.45, 2.75) is 22.8 Å². The molecule has 0 aliphatic rings. The van der Waals surface area contributed by atoms with Crippen LogP contribution in [-0.4, -0.2) is 39.7 Å². The van der Waals surface area contributed by atoms with Crippen LogP contribution in [-0.2, 0) is 14.6 Å². The number of ether oxygens (including phenoxy) is 1. The first-order valence-electron chi connectivity index (χ1n) is 5.72. The maximum Gasteiger partial charge on any atom is 0.175 e. The van der Waals surface area contributed by atoms with E-state index in [4.69, 9.17) is 10.5 Å². The monoisotopic (exact) mass is 289 g/mol. The molecule has 18 heavy (non-hydrogen) atoms. The van der Waals surface area contributed by atoms with Gasteiger partial charge in [-0.05, 0) is 31.2 Å². The third kappa shape index (κ3) is 4.97. The molecule has 1 atom stereocenters. The van der Waals surface area contributed by atoms with Gasteiger partial charge in [0.05, 0.1) is 11.0 Å². The molecule has 2 N–H and O–H groups in total. The summed E-state index contributed by atoms with van der Waals surface area (Å²) in [6.07, 6.45) is 1.24. The van der Waals surface area contributed by atoms with Crippen molar-refractivity contribution in [3.05, 3.63) is 24.3 Å².